The standard InChI is InChI=1S/C20H23N3O3S/c1-2-8-21-20(27)18-7-6-16(19(18)22-9-11-26-12-10-22)13-15-4-3-5-17(14-15)23(24)25/h2-5,13-14H,1,6-12H2,(H,21,27). The molecule has 7 heteroatoms. The maximum Gasteiger partial charge on any atom is 0.270 e. The lowest BCUT2D eigenvalue weighted by Gasteiger charge is -2.32. The average molecular weight is 385 g/mol. The van der Waals surface area contributed by atoms with E-state index in [4.69, 9.17) is 17.0 Å². The summed E-state index contributed by atoms with van der Waals surface area (Å²) in [6.07, 6.45) is 5.55. The van der Waals surface area contributed by atoms with Crippen LogP contribution in [0.4, 0.5) is 5.69 Å². The van der Waals surface area contributed by atoms with Gasteiger partial charge in [-0.2, -0.15) is 0 Å². The van der Waals surface area contributed by atoms with Gasteiger partial charge < -0.3 is 15.0 Å². The van der Waals surface area contributed by atoms with Crippen molar-refractivity contribution < 1.29 is 9.66 Å². The molecule has 1 aromatic carbocycles. The summed E-state index contributed by atoms with van der Waals surface area (Å²) in [5, 5.41) is 14.3. The third-order valence-electron chi connectivity index (χ3n) is 4.66. The predicted molar refractivity (Wildman–Crippen MR) is 111 cm³/mol. The highest BCUT2D eigenvalue weighted by Crippen LogP contribution is 2.36. The molecule has 0 unspecified atom stereocenters. The van der Waals surface area contributed by atoms with Crippen LogP contribution >= 0.6 is 12.2 Å². The molecule has 1 aliphatic heterocycles. The van der Waals surface area contributed by atoms with Gasteiger partial charge in [0.25, 0.3) is 5.69 Å². The van der Waals surface area contributed by atoms with Crippen LogP contribution < -0.4 is 5.32 Å². The smallest absolute Gasteiger partial charge is 0.270 e. The van der Waals surface area contributed by atoms with Gasteiger partial charge in [-0.25, -0.2) is 0 Å². The Morgan fingerprint density at radius 2 is 2.15 bits per heavy atom. The first-order valence-corrected chi connectivity index (χ1v) is 9.41. The van der Waals surface area contributed by atoms with Crippen molar-refractivity contribution >= 4 is 29.0 Å². The number of allylic oxidation sites excluding steroid dienone is 1. The summed E-state index contributed by atoms with van der Waals surface area (Å²) in [5.74, 6) is 0. The molecule has 0 spiro atoms. The fourth-order valence-corrected chi connectivity index (χ4v) is 3.72. The molecule has 0 amide bonds. The van der Waals surface area contributed by atoms with Crippen molar-refractivity contribution in [2.24, 2.45) is 0 Å². The number of morpholine rings is 1. The van der Waals surface area contributed by atoms with Crippen LogP contribution in [0.3, 0.4) is 0 Å². The van der Waals surface area contributed by atoms with Crippen molar-refractivity contribution in [2.75, 3.05) is 32.8 Å². The van der Waals surface area contributed by atoms with Crippen LogP contribution in [0, 0.1) is 10.1 Å². The number of hydrogen-bond donors (Lipinski definition) is 1. The van der Waals surface area contributed by atoms with Crippen molar-refractivity contribution in [1.82, 2.24) is 10.2 Å². The fraction of sp³-hybridized carbons (Fsp3) is 0.350. The first kappa shape index (κ1) is 19.3. The number of nitro benzene ring substituents is 1. The Balaban J connectivity index is 1.96. The molecule has 6 nitrogen and oxygen atoms in total. The highest BCUT2D eigenvalue weighted by atomic mass is 32.1. The third-order valence-corrected chi connectivity index (χ3v) is 5.06. The Morgan fingerprint density at radius 3 is 2.85 bits per heavy atom. The van der Waals surface area contributed by atoms with Gasteiger partial charge in [0.15, 0.2) is 0 Å². The molecule has 0 atom stereocenters. The number of nitro groups is 1. The molecule has 142 valence electrons. The molecule has 1 fully saturated rings. The maximum absolute atomic E-state index is 11.1. The summed E-state index contributed by atoms with van der Waals surface area (Å²) in [4.78, 5) is 13.8. The Hall–Kier alpha value is -2.51. The van der Waals surface area contributed by atoms with E-state index in [1.54, 1.807) is 18.2 Å². The summed E-state index contributed by atoms with van der Waals surface area (Å²) in [6, 6.07) is 6.73. The molecular formula is C20H23N3O3S. The second-order valence-electron chi connectivity index (χ2n) is 6.45. The molecule has 1 heterocycles. The topological polar surface area (TPSA) is 67.6 Å². The number of non-ortho nitro benzene ring substituents is 1. The van der Waals surface area contributed by atoms with Crippen molar-refractivity contribution in [3.8, 4) is 0 Å². The average Bonchev–Trinajstić information content (AvgIpc) is 3.10. The zero-order valence-electron chi connectivity index (χ0n) is 15.1. The molecule has 0 saturated carbocycles. The van der Waals surface area contributed by atoms with Crippen LogP contribution in [0.5, 0.6) is 0 Å². The lowest BCUT2D eigenvalue weighted by molar-refractivity contribution is -0.384. The minimum absolute atomic E-state index is 0.0997. The Kier molecular flexibility index (Phi) is 6.36. The lowest BCUT2D eigenvalue weighted by atomic mass is 10.1. The van der Waals surface area contributed by atoms with Crippen LogP contribution in [-0.2, 0) is 4.74 Å². The van der Waals surface area contributed by atoms with Gasteiger partial charge in [-0.1, -0.05) is 30.4 Å². The van der Waals surface area contributed by atoms with E-state index in [1.165, 1.54) is 6.07 Å². The first-order chi connectivity index (χ1) is 13.1. The Morgan fingerprint density at radius 1 is 1.37 bits per heavy atom. The minimum Gasteiger partial charge on any atom is -0.378 e. The minimum atomic E-state index is -0.366. The molecule has 3 rings (SSSR count). The van der Waals surface area contributed by atoms with Gasteiger partial charge in [0.1, 0.15) is 4.99 Å². The summed E-state index contributed by atoms with van der Waals surface area (Å²) in [5.41, 5.74) is 4.37. The number of rotatable bonds is 6. The van der Waals surface area contributed by atoms with Gasteiger partial charge >= 0.3 is 0 Å². The number of ether oxygens (including phenoxy) is 1. The van der Waals surface area contributed by atoms with Crippen molar-refractivity contribution in [3.05, 3.63) is 69.4 Å². The van der Waals surface area contributed by atoms with Gasteiger partial charge in [0, 0.05) is 43.0 Å². The van der Waals surface area contributed by atoms with Crippen LogP contribution in [0.1, 0.15) is 18.4 Å². The van der Waals surface area contributed by atoms with Crippen molar-refractivity contribution in [1.29, 1.82) is 0 Å². The Bertz CT molecular complexity index is 810. The fourth-order valence-electron chi connectivity index (χ4n) is 3.43. The molecule has 27 heavy (non-hydrogen) atoms. The zero-order valence-corrected chi connectivity index (χ0v) is 16.0. The van der Waals surface area contributed by atoms with E-state index in [9.17, 15) is 10.1 Å². The summed E-state index contributed by atoms with van der Waals surface area (Å²) in [6.45, 7) is 7.36. The monoisotopic (exact) mass is 385 g/mol. The van der Waals surface area contributed by atoms with Gasteiger partial charge in [0.2, 0.25) is 0 Å². The summed E-state index contributed by atoms with van der Waals surface area (Å²) < 4.78 is 5.50. The van der Waals surface area contributed by atoms with Gasteiger partial charge in [-0.3, -0.25) is 10.1 Å². The van der Waals surface area contributed by atoms with E-state index in [2.05, 4.69) is 16.8 Å². The highest BCUT2D eigenvalue weighted by molar-refractivity contribution is 7.80. The molecular weight excluding hydrogens is 362 g/mol. The SMILES string of the molecule is C=CCNC(=S)C1=C(N2CCOCC2)C(=Cc2cccc([N+](=O)[O-])c2)CC1. The quantitative estimate of drug-likeness (QED) is 0.350. The van der Waals surface area contributed by atoms with Gasteiger partial charge in [0.05, 0.1) is 18.1 Å². The molecule has 0 radical (unpaired) electrons. The molecule has 0 aromatic heterocycles. The predicted octanol–water partition coefficient (Wildman–Crippen LogP) is 3.46. The first-order valence-electron chi connectivity index (χ1n) is 9.00. The number of nitrogens with one attached hydrogen (secondary N) is 1. The maximum atomic E-state index is 11.1. The number of nitrogens with zero attached hydrogens (tertiary/aromatic N) is 2. The molecule has 1 N–H and O–H groups in total. The molecule has 1 saturated heterocycles. The van der Waals surface area contributed by atoms with E-state index in [0.29, 0.717) is 19.8 Å². The molecule has 1 aliphatic carbocycles. The van der Waals surface area contributed by atoms with E-state index in [-0.39, 0.29) is 10.6 Å². The van der Waals surface area contributed by atoms with Gasteiger partial charge in [-0.05, 0) is 30.1 Å². The van der Waals surface area contributed by atoms with Crippen LogP contribution in [0.25, 0.3) is 6.08 Å². The summed E-state index contributed by atoms with van der Waals surface area (Å²) in [7, 11) is 0. The summed E-state index contributed by atoms with van der Waals surface area (Å²) >= 11 is 5.61. The van der Waals surface area contributed by atoms with Crippen LogP contribution in [-0.4, -0.2) is 47.7 Å². The molecule has 0 bridgehead atoms. The van der Waals surface area contributed by atoms with Crippen LogP contribution in [0.15, 0.2) is 53.8 Å². The van der Waals surface area contributed by atoms with Crippen LogP contribution in [0.2, 0.25) is 0 Å². The van der Waals surface area contributed by atoms with Crippen molar-refractivity contribution in [2.45, 2.75) is 12.8 Å². The Labute approximate surface area is 164 Å². The van der Waals surface area contributed by atoms with E-state index in [0.717, 1.165) is 53.3 Å². The third kappa shape index (κ3) is 4.61. The van der Waals surface area contributed by atoms with Crippen molar-refractivity contribution in [3.63, 3.8) is 0 Å². The number of thiocarbonyl (C=S) groups is 1. The van der Waals surface area contributed by atoms with E-state index < -0.39 is 0 Å². The highest BCUT2D eigenvalue weighted by Gasteiger charge is 2.28. The number of hydrogen-bond acceptors (Lipinski definition) is 5. The second-order valence-corrected chi connectivity index (χ2v) is 6.86. The number of benzene rings is 1. The molecule has 2 aliphatic rings. The lowest BCUT2D eigenvalue weighted by Crippen LogP contribution is -2.37. The normalized spacial score (nSPS) is 18.7. The van der Waals surface area contributed by atoms with E-state index in [1.807, 2.05) is 12.1 Å². The zero-order chi connectivity index (χ0) is 19.2. The second kappa shape index (κ2) is 8.92. The largest absolute Gasteiger partial charge is 0.378 e. The van der Waals surface area contributed by atoms with E-state index >= 15 is 0 Å². The molecule has 1 aromatic rings. The van der Waals surface area contributed by atoms with Gasteiger partial charge in [-0.15, -0.1) is 6.58 Å².